The van der Waals surface area contributed by atoms with Crippen LogP contribution in [-0.2, 0) is 27.6 Å². The number of carbonyl (C=O) groups excluding carboxylic acids is 1. The Morgan fingerprint density at radius 1 is 1.21 bits per heavy atom. The smallest absolute Gasteiger partial charge is 0.222 e. The zero-order valence-corrected chi connectivity index (χ0v) is 22.4. The van der Waals surface area contributed by atoms with E-state index in [0.29, 0.717) is 36.3 Å². The Bertz CT molecular complexity index is 1470. The predicted octanol–water partition coefficient (Wildman–Crippen LogP) is 4.06. The fourth-order valence-corrected chi connectivity index (χ4v) is 5.93. The van der Waals surface area contributed by atoms with Gasteiger partial charge >= 0.3 is 0 Å². The monoisotopic (exact) mass is 540 g/mol. The van der Waals surface area contributed by atoms with Crippen molar-refractivity contribution in [3.05, 3.63) is 82.9 Å². The summed E-state index contributed by atoms with van der Waals surface area (Å²) in [7, 11) is -3.40. The summed E-state index contributed by atoms with van der Waals surface area (Å²) >= 11 is 0. The molecule has 1 amide bonds. The zero-order chi connectivity index (χ0) is 27.5. The van der Waals surface area contributed by atoms with Gasteiger partial charge < -0.3 is 5.32 Å². The molecule has 1 aliphatic rings. The molecule has 0 radical (unpaired) electrons. The summed E-state index contributed by atoms with van der Waals surface area (Å²) in [6.45, 7) is 5.35. The van der Waals surface area contributed by atoms with Crippen LogP contribution in [0.4, 0.5) is 8.78 Å². The molecule has 200 valence electrons. The minimum absolute atomic E-state index is 0.0917. The first-order valence-electron chi connectivity index (χ1n) is 12.4. The molecule has 1 aliphatic carbocycles. The highest BCUT2D eigenvalue weighted by Crippen LogP contribution is 2.35. The predicted molar refractivity (Wildman–Crippen MR) is 140 cm³/mol. The number of aryl methyl sites for hydroxylation is 2. The Kier molecular flexibility index (Phi) is 7.97. The quantitative estimate of drug-likeness (QED) is 0.413. The number of benzene rings is 1. The number of hydrogen-bond donors (Lipinski definition) is 1. The molecule has 7 nitrogen and oxygen atoms in total. The third-order valence-electron chi connectivity index (χ3n) is 6.46. The summed E-state index contributed by atoms with van der Waals surface area (Å²) in [5.41, 5.74) is 1.92. The van der Waals surface area contributed by atoms with Crippen LogP contribution in [-0.4, -0.2) is 39.1 Å². The molecule has 1 unspecified atom stereocenters. The minimum Gasteiger partial charge on any atom is -0.347 e. The van der Waals surface area contributed by atoms with E-state index in [1.54, 1.807) is 49.1 Å². The molecule has 0 aliphatic heterocycles. The molecule has 3 aromatic rings. The van der Waals surface area contributed by atoms with Crippen LogP contribution < -0.4 is 5.32 Å². The lowest BCUT2D eigenvalue weighted by Gasteiger charge is -2.21. The Labute approximate surface area is 221 Å². The van der Waals surface area contributed by atoms with Gasteiger partial charge in [0.25, 0.3) is 0 Å². The van der Waals surface area contributed by atoms with Gasteiger partial charge in [-0.2, -0.15) is 5.10 Å². The molecule has 1 N–H and O–H groups in total. The molecule has 2 aromatic heterocycles. The van der Waals surface area contributed by atoms with Gasteiger partial charge in [0.05, 0.1) is 17.0 Å². The zero-order valence-electron chi connectivity index (χ0n) is 21.5. The van der Waals surface area contributed by atoms with Crippen LogP contribution in [0.3, 0.4) is 0 Å². The van der Waals surface area contributed by atoms with Gasteiger partial charge in [0, 0.05) is 31.4 Å². The highest BCUT2D eigenvalue weighted by Gasteiger charge is 2.45. The van der Waals surface area contributed by atoms with Crippen LogP contribution in [0.15, 0.2) is 48.8 Å². The summed E-state index contributed by atoms with van der Waals surface area (Å²) in [5, 5.41) is 6.69. The molecule has 1 fully saturated rings. The molecule has 4 rings (SSSR count). The molecule has 1 aromatic carbocycles. The second-order valence-electron chi connectivity index (χ2n) is 10.0. The third-order valence-corrected chi connectivity index (χ3v) is 9.33. The molecular formula is C28H30F2N4O3S. The number of pyridine rings is 1. The average Bonchev–Trinajstić information content (AvgIpc) is 3.58. The Balaban J connectivity index is 1.62. The van der Waals surface area contributed by atoms with Gasteiger partial charge in [-0.15, -0.1) is 0 Å². The highest BCUT2D eigenvalue weighted by atomic mass is 32.2. The van der Waals surface area contributed by atoms with Crippen molar-refractivity contribution < 1.29 is 22.0 Å². The fraction of sp³-hybridized carbons (Fsp3) is 0.393. The average molecular weight is 541 g/mol. The number of hydrogen-bond acceptors (Lipinski definition) is 5. The maximum atomic E-state index is 13.9. The topological polar surface area (TPSA) is 94.0 Å². The maximum absolute atomic E-state index is 13.9. The van der Waals surface area contributed by atoms with Crippen molar-refractivity contribution in [2.75, 3.05) is 0 Å². The van der Waals surface area contributed by atoms with E-state index in [1.165, 1.54) is 12.1 Å². The third kappa shape index (κ3) is 6.64. The minimum atomic E-state index is -3.40. The van der Waals surface area contributed by atoms with E-state index in [0.717, 1.165) is 11.6 Å². The van der Waals surface area contributed by atoms with Gasteiger partial charge in [-0.25, -0.2) is 22.2 Å². The number of amides is 1. The maximum Gasteiger partial charge on any atom is 0.222 e. The first kappa shape index (κ1) is 27.5. The van der Waals surface area contributed by atoms with Crippen molar-refractivity contribution in [3.63, 3.8) is 0 Å². The number of sulfone groups is 1. The van der Waals surface area contributed by atoms with E-state index in [4.69, 9.17) is 0 Å². The lowest BCUT2D eigenvalue weighted by atomic mass is 9.99. The van der Waals surface area contributed by atoms with E-state index in [1.807, 2.05) is 6.92 Å². The van der Waals surface area contributed by atoms with Crippen LogP contribution in [0.25, 0.3) is 0 Å². The second-order valence-corrected chi connectivity index (χ2v) is 12.8. The molecule has 10 heteroatoms. The van der Waals surface area contributed by atoms with E-state index < -0.39 is 32.3 Å². The van der Waals surface area contributed by atoms with E-state index >= 15 is 0 Å². The van der Waals surface area contributed by atoms with Crippen molar-refractivity contribution in [3.8, 4) is 11.8 Å². The highest BCUT2D eigenvalue weighted by molar-refractivity contribution is 7.93. The van der Waals surface area contributed by atoms with Crippen LogP contribution in [0, 0.1) is 30.4 Å². The van der Waals surface area contributed by atoms with Crippen LogP contribution in [0.1, 0.15) is 61.7 Å². The van der Waals surface area contributed by atoms with Crippen LogP contribution in [0.5, 0.6) is 0 Å². The SMILES string of the molecule is Cc1ccc(C#CC(C)(C)S(=O)(=O)C2CC2)nc1C(Cc1cc(F)cc(F)c1)NC(=O)CCn1cccn1. The first-order chi connectivity index (χ1) is 17.9. The normalized spacial score (nSPS) is 14.4. The molecule has 0 saturated heterocycles. The van der Waals surface area contributed by atoms with Crippen molar-refractivity contribution in [2.45, 2.75) is 69.0 Å². The lowest BCUT2D eigenvalue weighted by Crippen LogP contribution is -2.33. The molecular weight excluding hydrogens is 510 g/mol. The van der Waals surface area contributed by atoms with Gasteiger partial charge in [0.15, 0.2) is 9.84 Å². The van der Waals surface area contributed by atoms with Crippen molar-refractivity contribution >= 4 is 15.7 Å². The molecule has 1 saturated carbocycles. The molecule has 2 heterocycles. The summed E-state index contributed by atoms with van der Waals surface area (Å²) < 4.78 is 53.7. The summed E-state index contributed by atoms with van der Waals surface area (Å²) in [6, 6.07) is 7.75. The van der Waals surface area contributed by atoms with Gasteiger partial charge in [0.2, 0.25) is 5.91 Å². The summed E-state index contributed by atoms with van der Waals surface area (Å²) in [5.74, 6) is 4.05. The van der Waals surface area contributed by atoms with E-state index in [9.17, 15) is 22.0 Å². The molecule has 1 atom stereocenters. The largest absolute Gasteiger partial charge is 0.347 e. The summed E-state index contributed by atoms with van der Waals surface area (Å²) in [6.07, 6.45) is 4.91. The molecule has 0 spiro atoms. The lowest BCUT2D eigenvalue weighted by molar-refractivity contribution is -0.122. The number of nitrogens with one attached hydrogen (secondary N) is 1. The van der Waals surface area contributed by atoms with E-state index in [2.05, 4.69) is 27.2 Å². The standard InChI is InChI=1S/C28H30F2N4O3S/c1-19-5-6-23(9-11-28(2,3)38(36,37)24-7-8-24)32-27(19)25(17-20-15-21(29)18-22(30)16-20)33-26(35)10-14-34-13-4-12-31-34/h4-6,12-13,15-16,18,24-25H,7-8,10,14,17H2,1-3H3,(H,33,35). The van der Waals surface area contributed by atoms with Crippen molar-refractivity contribution in [1.82, 2.24) is 20.1 Å². The number of carbonyl (C=O) groups is 1. The Morgan fingerprint density at radius 3 is 2.55 bits per heavy atom. The number of halogens is 2. The first-order valence-corrected chi connectivity index (χ1v) is 14.0. The number of aromatic nitrogens is 3. The molecule has 0 bridgehead atoms. The van der Waals surface area contributed by atoms with Gasteiger partial charge in [-0.3, -0.25) is 9.48 Å². The summed E-state index contributed by atoms with van der Waals surface area (Å²) in [4.78, 5) is 17.5. The van der Waals surface area contributed by atoms with Crippen molar-refractivity contribution in [2.24, 2.45) is 0 Å². The van der Waals surface area contributed by atoms with Crippen LogP contribution in [0.2, 0.25) is 0 Å². The second kappa shape index (κ2) is 11.0. The van der Waals surface area contributed by atoms with E-state index in [-0.39, 0.29) is 24.0 Å². The van der Waals surface area contributed by atoms with Gasteiger partial charge in [-0.1, -0.05) is 12.0 Å². The van der Waals surface area contributed by atoms with Gasteiger partial charge in [-0.05, 0) is 81.3 Å². The van der Waals surface area contributed by atoms with Crippen molar-refractivity contribution in [1.29, 1.82) is 0 Å². The molecule has 38 heavy (non-hydrogen) atoms. The fourth-order valence-electron chi connectivity index (χ4n) is 4.14. The Morgan fingerprint density at radius 2 is 1.92 bits per heavy atom. The number of nitrogens with zero attached hydrogens (tertiary/aromatic N) is 3. The van der Waals surface area contributed by atoms with Crippen LogP contribution >= 0.6 is 0 Å². The Hall–Kier alpha value is -3.58. The number of rotatable bonds is 9. The van der Waals surface area contributed by atoms with Gasteiger partial charge in [0.1, 0.15) is 22.1 Å².